The third-order valence-corrected chi connectivity index (χ3v) is 7.16. The molecule has 0 fully saturated rings. The van der Waals surface area contributed by atoms with Gasteiger partial charge < -0.3 is 10.2 Å². The number of quaternary nitrogens is 1. The molecule has 0 aliphatic heterocycles. The van der Waals surface area contributed by atoms with E-state index < -0.39 is 0 Å². The summed E-state index contributed by atoms with van der Waals surface area (Å²) < 4.78 is 1.81. The highest BCUT2D eigenvalue weighted by Crippen LogP contribution is 2.34. The number of rotatable bonds is 9. The average Bonchev–Trinajstić information content (AvgIpc) is 3.04. The van der Waals surface area contributed by atoms with Crippen LogP contribution in [-0.4, -0.2) is 48.4 Å². The maximum absolute atomic E-state index is 13.4. The van der Waals surface area contributed by atoms with Gasteiger partial charge in [0.05, 0.1) is 31.8 Å². The van der Waals surface area contributed by atoms with Crippen molar-refractivity contribution in [3.63, 3.8) is 0 Å². The van der Waals surface area contributed by atoms with Crippen LogP contribution in [0.15, 0.2) is 9.95 Å². The number of thiophene rings is 1. The van der Waals surface area contributed by atoms with E-state index >= 15 is 0 Å². The summed E-state index contributed by atoms with van der Waals surface area (Å²) >= 11 is 3.05. The number of aryl methyl sites for hydroxylation is 2. The Morgan fingerprint density at radius 3 is 2.86 bits per heavy atom. The van der Waals surface area contributed by atoms with Crippen LogP contribution >= 0.6 is 23.1 Å². The van der Waals surface area contributed by atoms with E-state index in [1.807, 2.05) is 11.5 Å². The molecule has 154 valence electrons. The van der Waals surface area contributed by atoms with Gasteiger partial charge in [-0.15, -0.1) is 11.3 Å². The van der Waals surface area contributed by atoms with Gasteiger partial charge in [0.15, 0.2) is 5.16 Å². The molecule has 1 aliphatic rings. The lowest BCUT2D eigenvalue weighted by molar-refractivity contribution is -0.858. The Bertz CT molecular complexity index is 888. The molecule has 6 nitrogen and oxygen atoms in total. The van der Waals surface area contributed by atoms with E-state index in [1.165, 1.54) is 33.5 Å². The molecule has 0 unspecified atom stereocenters. The Balaban J connectivity index is 1.92. The highest BCUT2D eigenvalue weighted by Gasteiger charge is 2.22. The summed E-state index contributed by atoms with van der Waals surface area (Å²) in [5, 5.41) is 4.40. The first-order valence-corrected chi connectivity index (χ1v) is 12.0. The number of nitrogens with zero attached hydrogens (tertiary/aromatic N) is 2. The number of amides is 1. The lowest BCUT2D eigenvalue weighted by atomic mass is 9.97. The van der Waals surface area contributed by atoms with Crippen LogP contribution in [0.5, 0.6) is 0 Å². The summed E-state index contributed by atoms with van der Waals surface area (Å²) in [5.41, 5.74) is 1.31. The zero-order chi connectivity index (χ0) is 20.1. The van der Waals surface area contributed by atoms with E-state index in [0.29, 0.717) is 24.0 Å². The zero-order valence-electron chi connectivity index (χ0n) is 17.1. The van der Waals surface area contributed by atoms with Gasteiger partial charge in [0.1, 0.15) is 4.83 Å². The largest absolute Gasteiger partial charge is 0.355 e. The standard InChI is InChI=1S/C20H30N4O2S2/c1-4-10-21-16(25)13-27-20-22-18-17(14-8-5-6-9-15(14)28-18)19(26)24(20)12-7-11-23(2)3/h4-13H2,1-3H3,(H,21,25)/p+1. The number of hydrogen-bond donors (Lipinski definition) is 2. The van der Waals surface area contributed by atoms with E-state index in [4.69, 9.17) is 4.98 Å². The molecule has 0 aromatic carbocycles. The predicted octanol–water partition coefficient (Wildman–Crippen LogP) is 1.49. The van der Waals surface area contributed by atoms with Crippen LogP contribution in [0.4, 0.5) is 0 Å². The first kappa shape index (κ1) is 21.3. The summed E-state index contributed by atoms with van der Waals surface area (Å²) in [6.45, 7) is 4.36. The molecule has 0 saturated carbocycles. The van der Waals surface area contributed by atoms with Gasteiger partial charge in [0.2, 0.25) is 5.91 Å². The highest BCUT2D eigenvalue weighted by molar-refractivity contribution is 7.99. The molecule has 8 heteroatoms. The minimum absolute atomic E-state index is 0.00374. The van der Waals surface area contributed by atoms with Gasteiger partial charge in [0, 0.05) is 24.4 Å². The molecule has 28 heavy (non-hydrogen) atoms. The minimum Gasteiger partial charge on any atom is -0.355 e. The van der Waals surface area contributed by atoms with Crippen LogP contribution in [0.3, 0.4) is 0 Å². The van der Waals surface area contributed by atoms with Crippen molar-refractivity contribution in [1.29, 1.82) is 0 Å². The molecule has 2 aromatic heterocycles. The second-order valence-corrected chi connectivity index (χ2v) is 9.72. The number of carbonyl (C=O) groups is 1. The first-order chi connectivity index (χ1) is 13.5. The Labute approximate surface area is 174 Å². The van der Waals surface area contributed by atoms with Crippen molar-refractivity contribution in [3.8, 4) is 0 Å². The fourth-order valence-corrected chi connectivity index (χ4v) is 5.72. The van der Waals surface area contributed by atoms with Gasteiger partial charge in [-0.05, 0) is 37.7 Å². The van der Waals surface area contributed by atoms with Crippen molar-refractivity contribution in [2.75, 3.05) is 32.9 Å². The molecule has 1 amide bonds. The topological polar surface area (TPSA) is 68.4 Å². The molecular formula is C20H31N4O2S2+. The first-order valence-electron chi connectivity index (χ1n) is 10.2. The predicted molar refractivity (Wildman–Crippen MR) is 117 cm³/mol. The third kappa shape index (κ3) is 4.96. The molecule has 2 aromatic rings. The van der Waals surface area contributed by atoms with Crippen LogP contribution < -0.4 is 15.8 Å². The molecule has 0 bridgehead atoms. The van der Waals surface area contributed by atoms with Gasteiger partial charge in [-0.3, -0.25) is 14.2 Å². The van der Waals surface area contributed by atoms with Gasteiger partial charge >= 0.3 is 0 Å². The van der Waals surface area contributed by atoms with Crippen LogP contribution in [0, 0.1) is 0 Å². The van der Waals surface area contributed by atoms with Gasteiger partial charge in [-0.25, -0.2) is 4.98 Å². The second-order valence-electron chi connectivity index (χ2n) is 7.69. The minimum atomic E-state index is -0.00374. The normalized spacial score (nSPS) is 13.9. The average molecular weight is 424 g/mol. The Kier molecular flexibility index (Phi) is 7.54. The number of aromatic nitrogens is 2. The van der Waals surface area contributed by atoms with Crippen LogP contribution in [0.1, 0.15) is 43.0 Å². The summed E-state index contributed by atoms with van der Waals surface area (Å²) in [5.74, 6) is 0.290. The Morgan fingerprint density at radius 2 is 2.11 bits per heavy atom. The highest BCUT2D eigenvalue weighted by atomic mass is 32.2. The van der Waals surface area contributed by atoms with E-state index in [0.717, 1.165) is 48.9 Å². The number of nitrogens with one attached hydrogen (secondary N) is 2. The number of hydrogen-bond acceptors (Lipinski definition) is 5. The van der Waals surface area contributed by atoms with Crippen LogP contribution in [0.25, 0.3) is 10.2 Å². The number of thioether (sulfide) groups is 1. The van der Waals surface area contributed by atoms with E-state index in [-0.39, 0.29) is 11.5 Å². The monoisotopic (exact) mass is 423 g/mol. The SMILES string of the molecule is CCCNC(=O)CSc1nc2sc3c(c2c(=O)n1CCC[NH+](C)C)CCCC3. The van der Waals surface area contributed by atoms with Crippen molar-refractivity contribution < 1.29 is 9.69 Å². The molecule has 0 saturated heterocycles. The quantitative estimate of drug-likeness (QED) is 0.474. The van der Waals surface area contributed by atoms with Crippen molar-refractivity contribution >= 4 is 39.2 Å². The molecule has 2 heterocycles. The summed E-state index contributed by atoms with van der Waals surface area (Å²) in [6, 6.07) is 0. The zero-order valence-corrected chi connectivity index (χ0v) is 18.7. The van der Waals surface area contributed by atoms with Crippen molar-refractivity contribution in [1.82, 2.24) is 14.9 Å². The summed E-state index contributed by atoms with van der Waals surface area (Å²) in [6.07, 6.45) is 6.22. The fraction of sp³-hybridized carbons (Fsp3) is 0.650. The van der Waals surface area contributed by atoms with E-state index in [9.17, 15) is 9.59 Å². The van der Waals surface area contributed by atoms with E-state index in [1.54, 1.807) is 11.3 Å². The summed E-state index contributed by atoms with van der Waals surface area (Å²) in [4.78, 5) is 33.8. The maximum Gasteiger partial charge on any atom is 0.263 e. The Hall–Kier alpha value is -1.38. The fourth-order valence-electron chi connectivity index (χ4n) is 3.56. The molecule has 3 rings (SSSR count). The van der Waals surface area contributed by atoms with Gasteiger partial charge in [-0.1, -0.05) is 18.7 Å². The van der Waals surface area contributed by atoms with Gasteiger partial charge in [0.25, 0.3) is 5.56 Å². The van der Waals surface area contributed by atoms with Crippen LogP contribution in [-0.2, 0) is 24.2 Å². The number of carbonyl (C=O) groups excluding carboxylic acids is 1. The molecule has 0 atom stereocenters. The maximum atomic E-state index is 13.4. The lowest BCUT2D eigenvalue weighted by Gasteiger charge is -2.14. The van der Waals surface area contributed by atoms with Crippen LogP contribution in [0.2, 0.25) is 0 Å². The molecule has 1 aliphatic carbocycles. The second kappa shape index (κ2) is 9.89. The number of fused-ring (bicyclic) bond motifs is 3. The molecule has 0 spiro atoms. The summed E-state index contributed by atoms with van der Waals surface area (Å²) in [7, 11) is 4.24. The lowest BCUT2D eigenvalue weighted by Crippen LogP contribution is -3.05. The molecule has 0 radical (unpaired) electrons. The van der Waals surface area contributed by atoms with Crippen molar-refractivity contribution in [2.24, 2.45) is 0 Å². The molecular weight excluding hydrogens is 392 g/mol. The smallest absolute Gasteiger partial charge is 0.263 e. The third-order valence-electron chi connectivity index (χ3n) is 5.00. The van der Waals surface area contributed by atoms with Crippen molar-refractivity contribution in [2.45, 2.75) is 57.1 Å². The van der Waals surface area contributed by atoms with Crippen molar-refractivity contribution in [3.05, 3.63) is 20.8 Å². The van der Waals surface area contributed by atoms with E-state index in [2.05, 4.69) is 19.4 Å². The van der Waals surface area contributed by atoms with Gasteiger partial charge in [-0.2, -0.15) is 0 Å². The molecule has 2 N–H and O–H groups in total. The Morgan fingerprint density at radius 1 is 1.32 bits per heavy atom.